The summed E-state index contributed by atoms with van der Waals surface area (Å²) in [6.45, 7) is 1.95. The van der Waals surface area contributed by atoms with Crippen LogP contribution in [0.2, 0.25) is 0 Å². The summed E-state index contributed by atoms with van der Waals surface area (Å²) in [6.07, 6.45) is 2.08. The van der Waals surface area contributed by atoms with E-state index in [-0.39, 0.29) is 5.91 Å². The highest BCUT2D eigenvalue weighted by atomic mass is 32.2. The molecule has 128 valence electrons. The van der Waals surface area contributed by atoms with Crippen molar-refractivity contribution in [2.75, 3.05) is 11.6 Å². The van der Waals surface area contributed by atoms with Crippen LogP contribution in [0.3, 0.4) is 0 Å². The van der Waals surface area contributed by atoms with Gasteiger partial charge in [0.15, 0.2) is 6.10 Å². The maximum absolute atomic E-state index is 12.6. The summed E-state index contributed by atoms with van der Waals surface area (Å²) in [5, 5.41) is 5.20. The fourth-order valence-corrected chi connectivity index (χ4v) is 3.11. The molecule has 0 aliphatic heterocycles. The van der Waals surface area contributed by atoms with E-state index in [0.717, 1.165) is 21.4 Å². The van der Waals surface area contributed by atoms with Crippen molar-refractivity contribution in [2.24, 2.45) is 0 Å². The maximum Gasteiger partial charge on any atom is 0.265 e. The molecular formula is C21H21NO2S. The molecule has 0 bridgehead atoms. The molecule has 0 heterocycles. The molecule has 0 aliphatic carbocycles. The Kier molecular flexibility index (Phi) is 5.61. The molecule has 3 aromatic rings. The highest BCUT2D eigenvalue weighted by Crippen LogP contribution is 2.23. The predicted octanol–water partition coefficient (Wildman–Crippen LogP) is 5.36. The van der Waals surface area contributed by atoms with Crippen LogP contribution in [0.5, 0.6) is 5.75 Å². The minimum absolute atomic E-state index is 0.131. The van der Waals surface area contributed by atoms with Gasteiger partial charge in [-0.2, -0.15) is 0 Å². The summed E-state index contributed by atoms with van der Waals surface area (Å²) in [5.41, 5.74) is 0.789. The Bertz CT molecular complexity index is 878. The van der Waals surface area contributed by atoms with E-state index in [1.807, 2.05) is 73.8 Å². The number of nitrogens with one attached hydrogen (secondary N) is 1. The molecule has 0 saturated heterocycles. The minimum atomic E-state index is -0.529. The van der Waals surface area contributed by atoms with Gasteiger partial charge in [-0.15, -0.1) is 11.8 Å². The van der Waals surface area contributed by atoms with Gasteiger partial charge in [0.25, 0.3) is 5.91 Å². The van der Waals surface area contributed by atoms with Gasteiger partial charge in [-0.1, -0.05) is 43.3 Å². The third-order valence-corrected chi connectivity index (χ3v) is 4.73. The first-order valence-corrected chi connectivity index (χ1v) is 9.52. The quantitative estimate of drug-likeness (QED) is 0.608. The molecule has 1 N–H and O–H groups in total. The summed E-state index contributed by atoms with van der Waals surface area (Å²) in [5.74, 6) is 0.576. The molecule has 3 nitrogen and oxygen atoms in total. The molecule has 0 radical (unpaired) electrons. The van der Waals surface area contributed by atoms with Crippen LogP contribution < -0.4 is 10.1 Å². The number of anilines is 1. The topological polar surface area (TPSA) is 38.3 Å². The molecule has 1 atom stereocenters. The highest BCUT2D eigenvalue weighted by Gasteiger charge is 2.18. The van der Waals surface area contributed by atoms with Crippen molar-refractivity contribution in [3.05, 3.63) is 66.7 Å². The first-order chi connectivity index (χ1) is 12.2. The molecule has 0 spiro atoms. The number of ether oxygens (including phenoxy) is 1. The number of benzene rings is 3. The molecule has 0 fully saturated rings. The van der Waals surface area contributed by atoms with Gasteiger partial charge in [-0.05, 0) is 53.8 Å². The smallest absolute Gasteiger partial charge is 0.265 e. The average Bonchev–Trinajstić information content (AvgIpc) is 2.66. The van der Waals surface area contributed by atoms with E-state index in [1.54, 1.807) is 11.8 Å². The lowest BCUT2D eigenvalue weighted by Gasteiger charge is -2.18. The number of thioether (sulfide) groups is 1. The molecule has 3 aromatic carbocycles. The second-order valence-electron chi connectivity index (χ2n) is 5.74. The zero-order chi connectivity index (χ0) is 17.6. The van der Waals surface area contributed by atoms with Gasteiger partial charge in [0, 0.05) is 10.6 Å². The third-order valence-electron chi connectivity index (χ3n) is 4.00. The first kappa shape index (κ1) is 17.4. The zero-order valence-electron chi connectivity index (χ0n) is 14.4. The lowest BCUT2D eigenvalue weighted by Crippen LogP contribution is -2.32. The Morgan fingerprint density at radius 1 is 1.04 bits per heavy atom. The van der Waals surface area contributed by atoms with E-state index in [2.05, 4.69) is 11.4 Å². The van der Waals surface area contributed by atoms with E-state index < -0.39 is 6.10 Å². The van der Waals surface area contributed by atoms with Crippen molar-refractivity contribution < 1.29 is 9.53 Å². The Hall–Kier alpha value is -2.46. The molecule has 0 aliphatic rings. The Morgan fingerprint density at radius 2 is 1.84 bits per heavy atom. The summed E-state index contributed by atoms with van der Waals surface area (Å²) in [6, 6.07) is 21.8. The first-order valence-electron chi connectivity index (χ1n) is 8.30. The van der Waals surface area contributed by atoms with Gasteiger partial charge in [0.05, 0.1) is 0 Å². The summed E-state index contributed by atoms with van der Waals surface area (Å²) < 4.78 is 5.95. The Morgan fingerprint density at radius 3 is 2.60 bits per heavy atom. The molecule has 0 saturated carbocycles. The van der Waals surface area contributed by atoms with Gasteiger partial charge in [0.2, 0.25) is 0 Å². The second kappa shape index (κ2) is 8.08. The monoisotopic (exact) mass is 351 g/mol. The van der Waals surface area contributed by atoms with Crippen LogP contribution in [0, 0.1) is 0 Å². The third kappa shape index (κ3) is 4.34. The Labute approximate surface area is 152 Å². The lowest BCUT2D eigenvalue weighted by atomic mass is 10.1. The number of hydrogen-bond donors (Lipinski definition) is 1. The van der Waals surface area contributed by atoms with E-state index in [9.17, 15) is 4.79 Å². The normalized spacial score (nSPS) is 11.9. The van der Waals surface area contributed by atoms with Crippen LogP contribution in [0.4, 0.5) is 5.69 Å². The maximum atomic E-state index is 12.6. The molecule has 3 rings (SSSR count). The van der Waals surface area contributed by atoms with E-state index in [1.165, 1.54) is 0 Å². The van der Waals surface area contributed by atoms with Crippen molar-refractivity contribution in [1.29, 1.82) is 0 Å². The van der Waals surface area contributed by atoms with Crippen LogP contribution in [-0.4, -0.2) is 18.3 Å². The number of rotatable bonds is 6. The number of fused-ring (bicyclic) bond motifs is 1. The molecule has 0 unspecified atom stereocenters. The molecule has 4 heteroatoms. The fourth-order valence-electron chi connectivity index (χ4n) is 2.65. The second-order valence-corrected chi connectivity index (χ2v) is 6.62. The number of amides is 1. The largest absolute Gasteiger partial charge is 0.481 e. The fraction of sp³-hybridized carbons (Fsp3) is 0.190. The van der Waals surface area contributed by atoms with Crippen LogP contribution in [0.25, 0.3) is 10.8 Å². The summed E-state index contributed by atoms with van der Waals surface area (Å²) >= 11 is 1.65. The van der Waals surface area contributed by atoms with Gasteiger partial charge in [-0.25, -0.2) is 0 Å². The van der Waals surface area contributed by atoms with Crippen LogP contribution in [0.1, 0.15) is 13.3 Å². The lowest BCUT2D eigenvalue weighted by molar-refractivity contribution is -0.122. The standard InChI is InChI=1S/C21H21NO2S/c1-3-20(21(23)22-17-9-6-10-19(14-17)25-2)24-18-12-11-15-7-4-5-8-16(15)13-18/h4-14,20H,3H2,1-2H3,(H,22,23)/t20-/m0/s1. The van der Waals surface area contributed by atoms with E-state index >= 15 is 0 Å². The Balaban J connectivity index is 1.72. The van der Waals surface area contributed by atoms with Gasteiger partial charge < -0.3 is 10.1 Å². The van der Waals surface area contributed by atoms with Gasteiger partial charge in [-0.3, -0.25) is 4.79 Å². The average molecular weight is 351 g/mol. The van der Waals surface area contributed by atoms with Crippen molar-refractivity contribution >= 4 is 34.1 Å². The zero-order valence-corrected chi connectivity index (χ0v) is 15.2. The summed E-state index contributed by atoms with van der Waals surface area (Å²) in [7, 11) is 0. The molecule has 1 amide bonds. The van der Waals surface area contributed by atoms with E-state index in [4.69, 9.17) is 4.74 Å². The molecular weight excluding hydrogens is 330 g/mol. The van der Waals surface area contributed by atoms with Crippen molar-refractivity contribution in [3.63, 3.8) is 0 Å². The van der Waals surface area contributed by atoms with Crippen LogP contribution in [0.15, 0.2) is 71.6 Å². The molecule has 25 heavy (non-hydrogen) atoms. The summed E-state index contributed by atoms with van der Waals surface area (Å²) in [4.78, 5) is 13.7. The number of carbonyl (C=O) groups excluding carboxylic acids is 1. The number of hydrogen-bond acceptors (Lipinski definition) is 3. The minimum Gasteiger partial charge on any atom is -0.481 e. The van der Waals surface area contributed by atoms with Crippen LogP contribution in [-0.2, 0) is 4.79 Å². The van der Waals surface area contributed by atoms with Crippen molar-refractivity contribution in [2.45, 2.75) is 24.3 Å². The predicted molar refractivity (Wildman–Crippen MR) is 106 cm³/mol. The van der Waals surface area contributed by atoms with Crippen molar-refractivity contribution in [1.82, 2.24) is 0 Å². The molecule has 0 aromatic heterocycles. The van der Waals surface area contributed by atoms with Crippen LogP contribution >= 0.6 is 11.8 Å². The highest BCUT2D eigenvalue weighted by molar-refractivity contribution is 7.98. The van der Waals surface area contributed by atoms with Crippen molar-refractivity contribution in [3.8, 4) is 5.75 Å². The van der Waals surface area contributed by atoms with Gasteiger partial charge in [0.1, 0.15) is 5.75 Å². The van der Waals surface area contributed by atoms with E-state index in [0.29, 0.717) is 12.2 Å². The SMILES string of the molecule is CC[C@H](Oc1ccc2ccccc2c1)C(=O)Nc1cccc(SC)c1. The number of carbonyl (C=O) groups is 1. The van der Waals surface area contributed by atoms with Gasteiger partial charge >= 0.3 is 0 Å².